The summed E-state index contributed by atoms with van der Waals surface area (Å²) in [6, 6.07) is 5.22. The summed E-state index contributed by atoms with van der Waals surface area (Å²) >= 11 is 0. The normalized spacial score (nSPS) is 19.9. The highest BCUT2D eigenvalue weighted by Crippen LogP contribution is 2.32. The van der Waals surface area contributed by atoms with Gasteiger partial charge in [0.1, 0.15) is 11.4 Å². The summed E-state index contributed by atoms with van der Waals surface area (Å²) in [5, 5.41) is 12.3. The fourth-order valence-corrected chi connectivity index (χ4v) is 1.91. The number of anilines is 1. The van der Waals surface area contributed by atoms with Crippen molar-refractivity contribution < 1.29 is 9.84 Å². The maximum Gasteiger partial charge on any atom is 0.150 e. The second-order valence-corrected chi connectivity index (χ2v) is 3.84. The molecule has 0 aliphatic carbocycles. The van der Waals surface area contributed by atoms with Crippen LogP contribution in [0.25, 0.3) is 0 Å². The van der Waals surface area contributed by atoms with E-state index in [2.05, 4.69) is 10.1 Å². The molecular weight excluding hydrogens is 208 g/mol. The van der Waals surface area contributed by atoms with Crippen molar-refractivity contribution in [3.63, 3.8) is 0 Å². The van der Waals surface area contributed by atoms with Gasteiger partial charge in [-0.05, 0) is 23.7 Å². The minimum atomic E-state index is -0.269. The maximum atomic E-state index is 10.5. The second-order valence-electron chi connectivity index (χ2n) is 3.84. The molecule has 2 rings (SSSR count). The van der Waals surface area contributed by atoms with E-state index < -0.39 is 0 Å². The lowest BCUT2D eigenvalue weighted by atomic mass is 10.2. The van der Waals surface area contributed by atoms with Crippen LogP contribution in [0.3, 0.4) is 0 Å². The van der Waals surface area contributed by atoms with E-state index in [1.165, 1.54) is 7.11 Å². The summed E-state index contributed by atoms with van der Waals surface area (Å²) in [5.41, 5.74) is 1.24. The largest absolute Gasteiger partial charge is 0.494 e. The number of hydrogen-bond acceptors (Lipinski definition) is 5. The molecule has 1 aromatic carbocycles. The molecule has 1 N–H and O–H groups in total. The smallest absolute Gasteiger partial charge is 0.150 e. The molecule has 0 aromatic heterocycles. The molecule has 1 aliphatic rings. The Kier molecular flexibility index (Phi) is 3.05. The first-order valence-electron chi connectivity index (χ1n) is 5.19. The molecular formula is C11H14N2O3. The Morgan fingerprint density at radius 3 is 2.94 bits per heavy atom. The molecule has 1 saturated heterocycles. The fraction of sp³-hybridized carbons (Fsp3) is 0.455. The molecule has 1 aromatic rings. The molecule has 0 amide bonds. The molecule has 1 aliphatic heterocycles. The molecule has 1 atom stereocenters. The van der Waals surface area contributed by atoms with Crippen molar-refractivity contribution in [2.75, 3.05) is 25.1 Å². The van der Waals surface area contributed by atoms with Crippen LogP contribution in [0.5, 0.6) is 5.75 Å². The van der Waals surface area contributed by atoms with Crippen molar-refractivity contribution in [2.45, 2.75) is 12.5 Å². The van der Waals surface area contributed by atoms with E-state index in [-0.39, 0.29) is 6.10 Å². The summed E-state index contributed by atoms with van der Waals surface area (Å²) in [7, 11) is 1.51. The third kappa shape index (κ3) is 1.99. The third-order valence-electron chi connectivity index (χ3n) is 2.79. The van der Waals surface area contributed by atoms with Gasteiger partial charge in [-0.3, -0.25) is 0 Å². The highest BCUT2D eigenvalue weighted by atomic mass is 16.5. The standard InChI is InChI=1S/C11H14N2O3/c1-16-11-6-8(2-3-10(11)12-15)13-5-4-9(14)7-13/h2-3,6,9,14H,4-5,7H2,1H3. The average Bonchev–Trinajstić information content (AvgIpc) is 2.75. The van der Waals surface area contributed by atoms with E-state index in [0.717, 1.165) is 18.7 Å². The molecule has 5 nitrogen and oxygen atoms in total. The van der Waals surface area contributed by atoms with Gasteiger partial charge in [-0.15, -0.1) is 4.91 Å². The maximum absolute atomic E-state index is 10.5. The van der Waals surface area contributed by atoms with Crippen LogP contribution in [0.4, 0.5) is 11.4 Å². The van der Waals surface area contributed by atoms with Crippen molar-refractivity contribution in [2.24, 2.45) is 5.18 Å². The predicted octanol–water partition coefficient (Wildman–Crippen LogP) is 1.66. The zero-order valence-corrected chi connectivity index (χ0v) is 9.09. The summed E-state index contributed by atoms with van der Waals surface area (Å²) in [6.45, 7) is 1.44. The van der Waals surface area contributed by atoms with E-state index in [0.29, 0.717) is 18.0 Å². The lowest BCUT2D eigenvalue weighted by Gasteiger charge is -2.18. The van der Waals surface area contributed by atoms with Gasteiger partial charge in [0.25, 0.3) is 0 Å². The van der Waals surface area contributed by atoms with E-state index in [9.17, 15) is 10.0 Å². The van der Waals surface area contributed by atoms with E-state index in [4.69, 9.17) is 4.74 Å². The first kappa shape index (κ1) is 10.9. The molecule has 86 valence electrons. The van der Waals surface area contributed by atoms with Crippen LogP contribution in [-0.4, -0.2) is 31.4 Å². The monoisotopic (exact) mass is 222 g/mol. The lowest BCUT2D eigenvalue weighted by molar-refractivity contribution is 0.198. The van der Waals surface area contributed by atoms with E-state index in [1.54, 1.807) is 12.1 Å². The SMILES string of the molecule is COc1cc(N2CCC(O)C2)ccc1N=O. The number of benzene rings is 1. The van der Waals surface area contributed by atoms with Crippen LogP contribution >= 0.6 is 0 Å². The highest BCUT2D eigenvalue weighted by Gasteiger charge is 2.21. The Bertz CT molecular complexity index is 395. The number of aliphatic hydroxyl groups is 1. The molecule has 5 heteroatoms. The van der Waals surface area contributed by atoms with Gasteiger partial charge in [-0.25, -0.2) is 0 Å². The Hall–Kier alpha value is -1.62. The van der Waals surface area contributed by atoms with Gasteiger partial charge in [0.05, 0.1) is 13.2 Å². The van der Waals surface area contributed by atoms with Crippen LogP contribution in [0.1, 0.15) is 6.42 Å². The molecule has 16 heavy (non-hydrogen) atoms. The van der Waals surface area contributed by atoms with Gasteiger partial charge in [0.2, 0.25) is 0 Å². The molecule has 0 bridgehead atoms. The zero-order chi connectivity index (χ0) is 11.5. The van der Waals surface area contributed by atoms with Gasteiger partial charge in [-0.1, -0.05) is 0 Å². The quantitative estimate of drug-likeness (QED) is 0.790. The second kappa shape index (κ2) is 4.49. The third-order valence-corrected chi connectivity index (χ3v) is 2.79. The van der Waals surface area contributed by atoms with Crippen LogP contribution in [0, 0.1) is 4.91 Å². The molecule has 1 unspecified atom stereocenters. The molecule has 1 heterocycles. The number of β-amino-alcohol motifs (C(OH)–C–C–N with tert-alkyl or cyclic N) is 1. The van der Waals surface area contributed by atoms with Gasteiger partial charge in [0, 0.05) is 24.8 Å². The van der Waals surface area contributed by atoms with Gasteiger partial charge in [0.15, 0.2) is 0 Å². The molecule has 1 fully saturated rings. The number of aliphatic hydroxyl groups excluding tert-OH is 1. The fourth-order valence-electron chi connectivity index (χ4n) is 1.91. The van der Waals surface area contributed by atoms with Crippen LogP contribution in [0.2, 0.25) is 0 Å². The van der Waals surface area contributed by atoms with Crippen LogP contribution in [-0.2, 0) is 0 Å². The van der Waals surface area contributed by atoms with Crippen LogP contribution in [0.15, 0.2) is 23.4 Å². The van der Waals surface area contributed by atoms with Crippen LogP contribution < -0.4 is 9.64 Å². The minimum absolute atomic E-state index is 0.269. The van der Waals surface area contributed by atoms with E-state index >= 15 is 0 Å². The number of methoxy groups -OCH3 is 1. The molecule has 0 radical (unpaired) electrons. The summed E-state index contributed by atoms with van der Waals surface area (Å²) in [5.74, 6) is 0.467. The van der Waals surface area contributed by atoms with Crippen molar-refractivity contribution >= 4 is 11.4 Å². The number of hydrogen-bond donors (Lipinski definition) is 1. The number of nitroso groups, excluding NO2 is 1. The average molecular weight is 222 g/mol. The van der Waals surface area contributed by atoms with Crippen molar-refractivity contribution in [1.82, 2.24) is 0 Å². The Labute approximate surface area is 93.6 Å². The summed E-state index contributed by atoms with van der Waals surface area (Å²) < 4.78 is 5.08. The van der Waals surface area contributed by atoms with Gasteiger partial charge < -0.3 is 14.7 Å². The number of rotatable bonds is 3. The first-order valence-corrected chi connectivity index (χ1v) is 5.19. The van der Waals surface area contributed by atoms with Crippen molar-refractivity contribution in [3.05, 3.63) is 23.1 Å². The Morgan fingerprint density at radius 1 is 1.56 bits per heavy atom. The lowest BCUT2D eigenvalue weighted by Crippen LogP contribution is -2.20. The zero-order valence-electron chi connectivity index (χ0n) is 9.09. The topological polar surface area (TPSA) is 62.1 Å². The molecule has 0 saturated carbocycles. The van der Waals surface area contributed by atoms with Crippen molar-refractivity contribution in [3.8, 4) is 5.75 Å². The summed E-state index contributed by atoms with van der Waals surface area (Å²) in [4.78, 5) is 12.5. The van der Waals surface area contributed by atoms with Gasteiger partial charge in [-0.2, -0.15) is 0 Å². The Balaban J connectivity index is 2.25. The highest BCUT2D eigenvalue weighted by molar-refractivity contribution is 5.62. The summed E-state index contributed by atoms with van der Waals surface area (Å²) in [6.07, 6.45) is 0.505. The predicted molar refractivity (Wildman–Crippen MR) is 61.3 cm³/mol. The number of nitrogens with zero attached hydrogens (tertiary/aromatic N) is 2. The van der Waals surface area contributed by atoms with Gasteiger partial charge >= 0.3 is 0 Å². The minimum Gasteiger partial charge on any atom is -0.494 e. The number of ether oxygens (including phenoxy) is 1. The Morgan fingerprint density at radius 2 is 2.38 bits per heavy atom. The van der Waals surface area contributed by atoms with Crippen molar-refractivity contribution in [1.29, 1.82) is 0 Å². The van der Waals surface area contributed by atoms with E-state index in [1.807, 2.05) is 6.07 Å². The molecule has 0 spiro atoms. The first-order chi connectivity index (χ1) is 7.74.